The van der Waals surface area contributed by atoms with E-state index in [9.17, 15) is 4.79 Å². The number of aromatic nitrogens is 1. The Morgan fingerprint density at radius 3 is 2.85 bits per heavy atom. The number of thiazole rings is 1. The molecule has 1 aromatic carbocycles. The van der Waals surface area contributed by atoms with Gasteiger partial charge in [-0.1, -0.05) is 30.3 Å². The minimum Gasteiger partial charge on any atom is -0.394 e. The molecule has 0 unspecified atom stereocenters. The second-order valence-corrected chi connectivity index (χ2v) is 5.35. The van der Waals surface area contributed by atoms with Crippen molar-refractivity contribution in [2.45, 2.75) is 19.5 Å². The third-order valence-electron chi connectivity index (χ3n) is 2.67. The third-order valence-corrected chi connectivity index (χ3v) is 3.52. The number of benzene rings is 1. The van der Waals surface area contributed by atoms with Crippen LogP contribution in [0.5, 0.6) is 0 Å². The zero-order valence-electron chi connectivity index (χ0n) is 11.2. The van der Waals surface area contributed by atoms with Crippen LogP contribution in [-0.4, -0.2) is 28.8 Å². The van der Waals surface area contributed by atoms with Gasteiger partial charge in [0.15, 0.2) is 0 Å². The average molecular weight is 291 g/mol. The first-order chi connectivity index (χ1) is 9.69. The molecule has 0 spiro atoms. The summed E-state index contributed by atoms with van der Waals surface area (Å²) in [5.74, 6) is 0. The van der Waals surface area contributed by atoms with Crippen molar-refractivity contribution in [2.75, 3.05) is 6.61 Å². The summed E-state index contributed by atoms with van der Waals surface area (Å²) in [5, 5.41) is 17.0. The molecule has 0 fully saturated rings. The highest BCUT2D eigenvalue weighted by molar-refractivity contribution is 7.09. The second kappa shape index (κ2) is 7.02. The Kier molecular flexibility index (Phi) is 5.09. The first-order valence-corrected chi connectivity index (χ1v) is 7.22. The monoisotopic (exact) mass is 291 g/mol. The Hall–Kier alpha value is -1.92. The van der Waals surface area contributed by atoms with Crippen LogP contribution in [0.3, 0.4) is 0 Å². The maximum Gasteiger partial charge on any atom is 0.315 e. The fourth-order valence-electron chi connectivity index (χ4n) is 1.61. The van der Waals surface area contributed by atoms with E-state index in [0.29, 0.717) is 6.54 Å². The number of carbonyl (C=O) groups excluding carboxylic acids is 1. The van der Waals surface area contributed by atoms with Crippen molar-refractivity contribution in [3.05, 3.63) is 40.7 Å². The molecule has 1 aromatic heterocycles. The Bertz CT molecular complexity index is 557. The van der Waals surface area contributed by atoms with Crippen LogP contribution in [0.4, 0.5) is 4.79 Å². The first kappa shape index (κ1) is 14.5. The summed E-state index contributed by atoms with van der Waals surface area (Å²) in [7, 11) is 0. The number of hydrogen-bond acceptors (Lipinski definition) is 4. The van der Waals surface area contributed by atoms with Gasteiger partial charge in [0.1, 0.15) is 5.01 Å². The van der Waals surface area contributed by atoms with E-state index in [1.165, 1.54) is 11.3 Å². The van der Waals surface area contributed by atoms with E-state index in [4.69, 9.17) is 5.11 Å². The molecule has 106 valence electrons. The molecule has 0 aliphatic rings. The van der Waals surface area contributed by atoms with Crippen LogP contribution < -0.4 is 10.6 Å². The molecule has 5 nitrogen and oxygen atoms in total. The van der Waals surface area contributed by atoms with Gasteiger partial charge in [-0.3, -0.25) is 0 Å². The van der Waals surface area contributed by atoms with Crippen LogP contribution in [0.2, 0.25) is 0 Å². The molecular formula is C14H17N3O2S. The minimum absolute atomic E-state index is 0.0805. The van der Waals surface area contributed by atoms with E-state index in [2.05, 4.69) is 15.6 Å². The molecule has 0 aliphatic heterocycles. The maximum absolute atomic E-state index is 11.5. The zero-order chi connectivity index (χ0) is 14.4. The van der Waals surface area contributed by atoms with E-state index >= 15 is 0 Å². The number of amides is 2. The smallest absolute Gasteiger partial charge is 0.315 e. The van der Waals surface area contributed by atoms with Gasteiger partial charge in [-0.15, -0.1) is 11.3 Å². The lowest BCUT2D eigenvalue weighted by Crippen LogP contribution is -2.41. The van der Waals surface area contributed by atoms with Gasteiger partial charge >= 0.3 is 6.03 Å². The Labute approximate surface area is 121 Å². The van der Waals surface area contributed by atoms with Crippen LogP contribution in [0.1, 0.15) is 11.9 Å². The van der Waals surface area contributed by atoms with Gasteiger partial charge in [-0.05, 0) is 6.92 Å². The quantitative estimate of drug-likeness (QED) is 0.788. The molecule has 3 N–H and O–H groups in total. The van der Waals surface area contributed by atoms with E-state index in [0.717, 1.165) is 16.3 Å². The van der Waals surface area contributed by atoms with Gasteiger partial charge in [0.2, 0.25) is 0 Å². The van der Waals surface area contributed by atoms with Crippen molar-refractivity contribution in [1.29, 1.82) is 0 Å². The summed E-state index contributed by atoms with van der Waals surface area (Å²) in [5.41, 5.74) is 1.98. The normalized spacial score (nSPS) is 11.9. The molecule has 0 aliphatic carbocycles. The molecule has 20 heavy (non-hydrogen) atoms. The number of urea groups is 1. The first-order valence-electron chi connectivity index (χ1n) is 6.34. The number of carbonyl (C=O) groups is 1. The third kappa shape index (κ3) is 4.04. The van der Waals surface area contributed by atoms with Crippen LogP contribution in [0.15, 0.2) is 35.7 Å². The minimum atomic E-state index is -0.303. The number of nitrogens with zero attached hydrogens (tertiary/aromatic N) is 1. The van der Waals surface area contributed by atoms with E-state index in [1.807, 2.05) is 35.7 Å². The van der Waals surface area contributed by atoms with Crippen molar-refractivity contribution < 1.29 is 9.90 Å². The van der Waals surface area contributed by atoms with Gasteiger partial charge in [0.25, 0.3) is 0 Å². The van der Waals surface area contributed by atoms with Crippen molar-refractivity contribution >= 4 is 17.4 Å². The predicted molar refractivity (Wildman–Crippen MR) is 79.5 cm³/mol. The van der Waals surface area contributed by atoms with Crippen molar-refractivity contribution in [3.63, 3.8) is 0 Å². The Balaban J connectivity index is 1.89. The van der Waals surface area contributed by atoms with Crippen LogP contribution in [0, 0.1) is 0 Å². The summed E-state index contributed by atoms with van der Waals surface area (Å²) in [4.78, 5) is 16.0. The molecule has 2 amide bonds. The fourth-order valence-corrected chi connectivity index (χ4v) is 2.35. The van der Waals surface area contributed by atoms with Crippen molar-refractivity contribution in [2.24, 2.45) is 0 Å². The summed E-state index contributed by atoms with van der Waals surface area (Å²) in [6, 6.07) is 9.34. The molecule has 0 radical (unpaired) electrons. The number of aliphatic hydroxyl groups excluding tert-OH is 1. The maximum atomic E-state index is 11.5. The van der Waals surface area contributed by atoms with Gasteiger partial charge in [0, 0.05) is 10.9 Å². The van der Waals surface area contributed by atoms with E-state index in [1.54, 1.807) is 6.92 Å². The molecule has 1 heterocycles. The lowest BCUT2D eigenvalue weighted by Gasteiger charge is -2.10. The summed E-state index contributed by atoms with van der Waals surface area (Å²) >= 11 is 1.51. The Morgan fingerprint density at radius 1 is 1.40 bits per heavy atom. The number of rotatable bonds is 5. The molecule has 2 rings (SSSR count). The molecule has 1 atom stereocenters. The van der Waals surface area contributed by atoms with Crippen LogP contribution in [-0.2, 0) is 6.54 Å². The summed E-state index contributed by atoms with van der Waals surface area (Å²) in [6.07, 6.45) is 0. The van der Waals surface area contributed by atoms with Gasteiger partial charge in [-0.25, -0.2) is 9.78 Å². The Morgan fingerprint density at radius 2 is 2.15 bits per heavy atom. The number of nitrogens with one attached hydrogen (secondary N) is 2. The summed E-state index contributed by atoms with van der Waals surface area (Å²) in [6.45, 7) is 2.03. The standard InChI is InChI=1S/C14H17N3O2S/c1-10(8-18)16-14(19)15-7-13-17-12(9-20-13)11-5-3-2-4-6-11/h2-6,9-10,18H,7-8H2,1H3,(H2,15,16,19)/t10-/m0/s1. The van der Waals surface area contributed by atoms with Gasteiger partial charge in [-0.2, -0.15) is 0 Å². The topological polar surface area (TPSA) is 74.2 Å². The highest BCUT2D eigenvalue weighted by atomic mass is 32.1. The van der Waals surface area contributed by atoms with Crippen LogP contribution >= 0.6 is 11.3 Å². The summed E-state index contributed by atoms with van der Waals surface area (Å²) < 4.78 is 0. The SMILES string of the molecule is C[C@@H](CO)NC(=O)NCc1nc(-c2ccccc2)cs1. The van der Waals surface area contributed by atoms with Gasteiger partial charge in [0.05, 0.1) is 24.9 Å². The lowest BCUT2D eigenvalue weighted by molar-refractivity contribution is 0.220. The highest BCUT2D eigenvalue weighted by Crippen LogP contribution is 2.21. The average Bonchev–Trinajstić information content (AvgIpc) is 2.95. The molecule has 2 aromatic rings. The molecule has 0 saturated carbocycles. The van der Waals surface area contributed by atoms with Gasteiger partial charge < -0.3 is 15.7 Å². The predicted octanol–water partition coefficient (Wildman–Crippen LogP) is 1.99. The molecule has 0 saturated heterocycles. The largest absolute Gasteiger partial charge is 0.394 e. The van der Waals surface area contributed by atoms with Crippen molar-refractivity contribution in [3.8, 4) is 11.3 Å². The molecule has 0 bridgehead atoms. The lowest BCUT2D eigenvalue weighted by atomic mass is 10.2. The fraction of sp³-hybridized carbons (Fsp3) is 0.286. The van der Waals surface area contributed by atoms with Crippen molar-refractivity contribution in [1.82, 2.24) is 15.6 Å². The zero-order valence-corrected chi connectivity index (χ0v) is 12.0. The molecule has 6 heteroatoms. The second-order valence-electron chi connectivity index (χ2n) is 4.40. The number of aliphatic hydroxyl groups is 1. The van der Waals surface area contributed by atoms with Crippen LogP contribution in [0.25, 0.3) is 11.3 Å². The molecular weight excluding hydrogens is 274 g/mol. The number of hydrogen-bond donors (Lipinski definition) is 3. The van der Waals surface area contributed by atoms with E-state index in [-0.39, 0.29) is 18.7 Å². The highest BCUT2D eigenvalue weighted by Gasteiger charge is 2.08. The van der Waals surface area contributed by atoms with E-state index < -0.39 is 0 Å².